The van der Waals surface area contributed by atoms with Crippen molar-refractivity contribution in [2.24, 2.45) is 20.4 Å². The third-order valence-corrected chi connectivity index (χ3v) is 3.20. The monoisotopic (exact) mass is 372 g/mol. The van der Waals surface area contributed by atoms with Gasteiger partial charge in [0.05, 0.1) is 23.8 Å². The van der Waals surface area contributed by atoms with Gasteiger partial charge in [0.2, 0.25) is 5.69 Å². The van der Waals surface area contributed by atoms with Crippen molar-refractivity contribution in [2.45, 2.75) is 0 Å². The molecule has 0 aliphatic rings. The Morgan fingerprint density at radius 2 is 1.43 bits per heavy atom. The molecule has 3 rings (SSSR count). The molecule has 0 spiro atoms. The number of nitrogens with zero attached hydrogens (tertiary/aromatic N) is 6. The first kappa shape index (κ1) is 18.5. The van der Waals surface area contributed by atoms with Crippen LogP contribution < -0.4 is 15.8 Å². The number of hydrazone groups is 2. The van der Waals surface area contributed by atoms with E-state index in [1.165, 1.54) is 0 Å². The van der Waals surface area contributed by atoms with Crippen LogP contribution in [0.2, 0.25) is 0 Å². The molecule has 0 atom stereocenters. The normalized spacial score (nSPS) is 11.1. The molecule has 9 nitrogen and oxygen atoms in total. The lowest BCUT2D eigenvalue weighted by atomic mass is 10.4. The largest absolute Gasteiger partial charge is 0.257 e. The van der Waals surface area contributed by atoms with Gasteiger partial charge in [0.1, 0.15) is 6.21 Å². The molecule has 3 N–H and O–H groups in total. The van der Waals surface area contributed by atoms with Crippen LogP contribution in [0.3, 0.4) is 0 Å². The molecule has 3 heterocycles. The van der Waals surface area contributed by atoms with Gasteiger partial charge in [0, 0.05) is 24.5 Å². The number of hydrogen-bond acceptors (Lipinski definition) is 6. The summed E-state index contributed by atoms with van der Waals surface area (Å²) in [6.07, 6.45) is 9.88. The standard InChI is InChI=1S/C19H17N9/c1-4-10-20-16(7-1)13-23-26-19(27-24-14-17-8-2-5-11-21-17)28-25-15-18-9-3-6-12-22-18/h1-15H,(H2,26,27,28)/p+1/b23-13-,24-14-,25-15+. The minimum absolute atomic E-state index is 0.228. The molecule has 0 aliphatic heterocycles. The Labute approximate surface area is 161 Å². The number of rotatable bonds is 6. The highest BCUT2D eigenvalue weighted by molar-refractivity contribution is 5.85. The first-order chi connectivity index (χ1) is 13.9. The van der Waals surface area contributed by atoms with Gasteiger partial charge in [-0.1, -0.05) is 12.1 Å². The summed E-state index contributed by atoms with van der Waals surface area (Å²) in [4.78, 5) is 11.4. The van der Waals surface area contributed by atoms with Gasteiger partial charge in [0.25, 0.3) is 5.96 Å². The quantitative estimate of drug-likeness (QED) is 0.385. The van der Waals surface area contributed by atoms with Crippen molar-refractivity contribution in [2.75, 3.05) is 0 Å². The molecule has 28 heavy (non-hydrogen) atoms. The van der Waals surface area contributed by atoms with E-state index in [-0.39, 0.29) is 5.96 Å². The molecule has 0 saturated heterocycles. The molecule has 0 unspecified atom stereocenters. The summed E-state index contributed by atoms with van der Waals surface area (Å²) in [5.41, 5.74) is 7.71. The van der Waals surface area contributed by atoms with Crippen molar-refractivity contribution in [3.05, 3.63) is 90.3 Å². The Kier molecular flexibility index (Phi) is 7.05. The van der Waals surface area contributed by atoms with Gasteiger partial charge in [-0.2, -0.15) is 10.2 Å². The Balaban J connectivity index is 1.67. The van der Waals surface area contributed by atoms with Gasteiger partial charge >= 0.3 is 0 Å². The van der Waals surface area contributed by atoms with Crippen molar-refractivity contribution >= 4 is 24.6 Å². The molecule has 0 aliphatic carbocycles. The molecule has 0 aromatic carbocycles. The Morgan fingerprint density at radius 3 is 1.96 bits per heavy atom. The van der Waals surface area contributed by atoms with Crippen LogP contribution in [-0.2, 0) is 0 Å². The van der Waals surface area contributed by atoms with Crippen molar-refractivity contribution in [1.82, 2.24) is 20.8 Å². The van der Waals surface area contributed by atoms with E-state index in [4.69, 9.17) is 0 Å². The molecular weight excluding hydrogens is 354 g/mol. The van der Waals surface area contributed by atoms with E-state index in [0.29, 0.717) is 11.4 Å². The average molecular weight is 372 g/mol. The molecule has 9 heteroatoms. The van der Waals surface area contributed by atoms with Crippen molar-refractivity contribution in [3.8, 4) is 0 Å². The predicted molar refractivity (Wildman–Crippen MR) is 108 cm³/mol. The first-order valence-electron chi connectivity index (χ1n) is 8.38. The third kappa shape index (κ3) is 6.56. The van der Waals surface area contributed by atoms with Crippen molar-refractivity contribution in [3.63, 3.8) is 0 Å². The second kappa shape index (κ2) is 10.7. The molecule has 3 aromatic rings. The van der Waals surface area contributed by atoms with Crippen LogP contribution in [-0.4, -0.2) is 34.6 Å². The first-order valence-corrected chi connectivity index (χ1v) is 8.38. The van der Waals surface area contributed by atoms with Crippen LogP contribution in [0, 0.1) is 0 Å². The fourth-order valence-corrected chi connectivity index (χ4v) is 1.93. The van der Waals surface area contributed by atoms with Crippen molar-refractivity contribution in [1.29, 1.82) is 0 Å². The van der Waals surface area contributed by atoms with Gasteiger partial charge in [-0.25, -0.2) is 15.8 Å². The Hall–Kier alpha value is -4.27. The summed E-state index contributed by atoms with van der Waals surface area (Å²) in [5, 5.41) is 16.3. The number of hydrogen-bond donors (Lipinski definition) is 2. The van der Waals surface area contributed by atoms with Gasteiger partial charge in [-0.3, -0.25) is 9.97 Å². The van der Waals surface area contributed by atoms with E-state index in [2.05, 4.69) is 46.2 Å². The highest BCUT2D eigenvalue weighted by atomic mass is 15.5. The van der Waals surface area contributed by atoms with Crippen molar-refractivity contribution < 1.29 is 4.98 Å². The van der Waals surface area contributed by atoms with Crippen LogP contribution in [0.1, 0.15) is 17.1 Å². The summed E-state index contributed by atoms with van der Waals surface area (Å²) in [6, 6.07) is 16.7. The van der Waals surface area contributed by atoms with E-state index < -0.39 is 0 Å². The smallest absolute Gasteiger partial charge is 0.255 e. The highest BCUT2D eigenvalue weighted by Gasteiger charge is 1.96. The number of aromatic amines is 1. The van der Waals surface area contributed by atoms with Crippen LogP contribution >= 0.6 is 0 Å². The maximum absolute atomic E-state index is 4.16. The summed E-state index contributed by atoms with van der Waals surface area (Å²) in [6.45, 7) is 0. The molecule has 0 saturated carbocycles. The summed E-state index contributed by atoms with van der Waals surface area (Å²) >= 11 is 0. The van der Waals surface area contributed by atoms with Gasteiger partial charge in [-0.15, -0.1) is 10.2 Å². The van der Waals surface area contributed by atoms with E-state index in [1.807, 2.05) is 54.6 Å². The highest BCUT2D eigenvalue weighted by Crippen LogP contribution is 1.89. The number of guanidine groups is 1. The minimum Gasteiger partial charge on any atom is -0.255 e. The average Bonchev–Trinajstić information content (AvgIpc) is 2.76. The van der Waals surface area contributed by atoms with Crippen LogP contribution in [0.25, 0.3) is 0 Å². The molecule has 0 radical (unpaired) electrons. The van der Waals surface area contributed by atoms with Crippen LogP contribution in [0.15, 0.2) is 93.6 Å². The fraction of sp³-hybridized carbons (Fsp3) is 0. The maximum atomic E-state index is 4.16. The number of pyridine rings is 3. The van der Waals surface area contributed by atoms with Gasteiger partial charge in [-0.05, 0) is 30.3 Å². The summed E-state index contributed by atoms with van der Waals surface area (Å²) in [5.74, 6) is 0.228. The zero-order chi connectivity index (χ0) is 19.3. The second-order valence-electron chi connectivity index (χ2n) is 5.26. The molecular formula is C19H18N9+. The lowest BCUT2D eigenvalue weighted by molar-refractivity contribution is -0.379. The predicted octanol–water partition coefficient (Wildman–Crippen LogP) is 1.23. The summed E-state index contributed by atoms with van der Waals surface area (Å²) < 4.78 is 0. The van der Waals surface area contributed by atoms with Crippen LogP contribution in [0.4, 0.5) is 0 Å². The van der Waals surface area contributed by atoms with Gasteiger partial charge in [0.15, 0.2) is 6.20 Å². The van der Waals surface area contributed by atoms with E-state index in [0.717, 1.165) is 5.69 Å². The molecule has 138 valence electrons. The maximum Gasteiger partial charge on any atom is 0.257 e. The lowest BCUT2D eigenvalue weighted by Gasteiger charge is -2.02. The summed E-state index contributed by atoms with van der Waals surface area (Å²) in [7, 11) is 0. The van der Waals surface area contributed by atoms with Crippen LogP contribution in [0.5, 0.6) is 0 Å². The molecule has 3 aromatic heterocycles. The Morgan fingerprint density at radius 1 is 0.786 bits per heavy atom. The molecule has 0 bridgehead atoms. The topological polar surface area (TPSA) is 113 Å². The van der Waals surface area contributed by atoms with Gasteiger partial charge < -0.3 is 0 Å². The minimum atomic E-state index is 0.228. The van der Waals surface area contributed by atoms with E-state index in [9.17, 15) is 0 Å². The van der Waals surface area contributed by atoms with E-state index in [1.54, 1.807) is 37.2 Å². The fourth-order valence-electron chi connectivity index (χ4n) is 1.93. The number of nitrogens with one attached hydrogen (secondary N) is 3. The zero-order valence-corrected chi connectivity index (χ0v) is 14.8. The number of H-pyrrole nitrogens is 1. The SMILES string of the molecule is C(=N/NC(=N/N=C/c1cccc[nH+]1)N/N=C\c1ccccn1)/c1ccccn1. The second-order valence-corrected chi connectivity index (χ2v) is 5.26. The number of aromatic nitrogens is 3. The molecule has 0 amide bonds. The molecule has 0 fully saturated rings. The Bertz CT molecular complexity index is 899. The zero-order valence-electron chi connectivity index (χ0n) is 14.8. The lowest BCUT2D eigenvalue weighted by Crippen LogP contribution is -2.30. The van der Waals surface area contributed by atoms with E-state index >= 15 is 0 Å². The third-order valence-electron chi connectivity index (χ3n) is 3.20.